The summed E-state index contributed by atoms with van der Waals surface area (Å²) in [6, 6.07) is 0. The van der Waals surface area contributed by atoms with Crippen molar-refractivity contribution in [3.8, 4) is 0 Å². The first-order valence-electron chi connectivity index (χ1n) is 2.46. The molecule has 7 heteroatoms. The van der Waals surface area contributed by atoms with E-state index in [4.69, 9.17) is 4.89 Å². The van der Waals surface area contributed by atoms with Crippen molar-refractivity contribution in [3.63, 3.8) is 0 Å². The van der Waals surface area contributed by atoms with Crippen molar-refractivity contribution in [1.29, 1.82) is 0 Å². The van der Waals surface area contributed by atoms with Crippen LogP contribution in [0.4, 0.5) is 0 Å². The predicted octanol–water partition coefficient (Wildman–Crippen LogP) is -0.483. The van der Waals surface area contributed by atoms with Crippen LogP contribution in [0.5, 0.6) is 0 Å². The summed E-state index contributed by atoms with van der Waals surface area (Å²) in [7, 11) is -2.57. The van der Waals surface area contributed by atoms with Crippen molar-refractivity contribution in [2.45, 2.75) is 0 Å². The highest BCUT2D eigenvalue weighted by atomic mass is 31.1. The summed E-state index contributed by atoms with van der Waals surface area (Å²) >= 11 is 0. The molecule has 0 saturated heterocycles. The second kappa shape index (κ2) is 7.01. The minimum Gasteiger partial charge on any atom is -0.348 e. The molecule has 0 aliphatic carbocycles. The van der Waals surface area contributed by atoms with Crippen LogP contribution in [0, 0.1) is 0 Å². The molecule has 1 unspecified atom stereocenters. The van der Waals surface area contributed by atoms with Crippen molar-refractivity contribution in [1.82, 2.24) is 0 Å². The zero-order chi connectivity index (χ0) is 7.82. The second-order valence-corrected chi connectivity index (χ2v) is 2.00. The first kappa shape index (κ1) is 9.90. The molecule has 10 heavy (non-hydrogen) atoms. The molecule has 0 amide bonds. The molecule has 0 heterocycles. The molecule has 0 aliphatic heterocycles. The number of nitrogens with two attached hydrogens (primary N) is 1. The highest BCUT2D eigenvalue weighted by Gasteiger charge is 2.10. The van der Waals surface area contributed by atoms with E-state index in [1.165, 1.54) is 0 Å². The van der Waals surface area contributed by atoms with E-state index in [2.05, 4.69) is 20.0 Å². The van der Waals surface area contributed by atoms with Gasteiger partial charge in [-0.2, -0.15) is 0 Å². The highest BCUT2D eigenvalue weighted by molar-refractivity contribution is 7.32. The lowest BCUT2D eigenvalue weighted by Crippen LogP contribution is -2.08. The molecule has 0 spiro atoms. The summed E-state index contributed by atoms with van der Waals surface area (Å²) in [5, 5.41) is 0. The number of rotatable bonds is 6. The molecule has 60 valence electrons. The topological polar surface area (TPSA) is 91.0 Å². The van der Waals surface area contributed by atoms with Crippen LogP contribution in [-0.4, -0.2) is 24.9 Å². The maximum Gasteiger partial charge on any atom is 0.697 e. The van der Waals surface area contributed by atoms with E-state index in [9.17, 15) is 4.57 Å². The molecule has 6 nitrogen and oxygen atoms in total. The maximum absolute atomic E-state index is 9.82. The number of ether oxygens (including phenoxy) is 1. The molecule has 0 rings (SSSR count). The largest absolute Gasteiger partial charge is 0.697 e. The second-order valence-electron chi connectivity index (χ2n) is 1.26. The van der Waals surface area contributed by atoms with E-state index in [0.29, 0.717) is 0 Å². The molecule has 0 aromatic rings. The Hall–Kier alpha value is -0.100. The van der Waals surface area contributed by atoms with Crippen LogP contribution in [0.25, 0.3) is 0 Å². The molecular formula is C3H9NO5P+. The lowest BCUT2D eigenvalue weighted by Gasteiger charge is -1.95. The van der Waals surface area contributed by atoms with Crippen molar-refractivity contribution >= 4 is 8.25 Å². The van der Waals surface area contributed by atoms with Crippen LogP contribution in [-0.2, 0) is 18.7 Å². The predicted molar refractivity (Wildman–Crippen MR) is 31.9 cm³/mol. The van der Waals surface area contributed by atoms with Crippen LogP contribution in [0.3, 0.4) is 0 Å². The van der Waals surface area contributed by atoms with E-state index < -0.39 is 8.25 Å². The molecule has 0 fully saturated rings. The van der Waals surface area contributed by atoms with Crippen molar-refractivity contribution in [2.75, 3.05) is 20.0 Å². The third kappa shape index (κ3) is 7.90. The first-order chi connectivity index (χ1) is 4.77. The Kier molecular flexibility index (Phi) is 6.94. The van der Waals surface area contributed by atoms with Gasteiger partial charge in [0.1, 0.15) is 0 Å². The van der Waals surface area contributed by atoms with Gasteiger partial charge in [0.05, 0.1) is 13.2 Å². The Bertz CT molecular complexity index is 98.9. The lowest BCUT2D eigenvalue weighted by molar-refractivity contribution is -0.0179. The monoisotopic (exact) mass is 170 g/mol. The molecule has 3 N–H and O–H groups in total. The lowest BCUT2D eigenvalue weighted by atomic mass is 10.8. The summed E-state index contributed by atoms with van der Waals surface area (Å²) in [5.41, 5.74) is 0. The quantitative estimate of drug-likeness (QED) is 0.242. The third-order valence-corrected chi connectivity index (χ3v) is 0.918. The molecule has 0 aromatic heterocycles. The molecular weight excluding hydrogens is 161 g/mol. The Balaban J connectivity index is 2.84. The van der Waals surface area contributed by atoms with Gasteiger partial charge < -0.3 is 9.57 Å². The fourth-order valence-electron chi connectivity index (χ4n) is 0.248. The van der Waals surface area contributed by atoms with Crippen molar-refractivity contribution < 1.29 is 23.6 Å². The van der Waals surface area contributed by atoms with Gasteiger partial charge in [0.25, 0.3) is 0 Å². The standard InChI is InChI=1S/C3H8NO5P/c4-8-2-1-7-3-9-10(5)6/h1-4H2/p+1. The van der Waals surface area contributed by atoms with E-state index in [1.54, 1.807) is 0 Å². The van der Waals surface area contributed by atoms with Gasteiger partial charge in [-0.25, -0.2) is 5.90 Å². The number of hydrogen-bond donors (Lipinski definition) is 2. The fraction of sp³-hybridized carbons (Fsp3) is 1.00. The zero-order valence-electron chi connectivity index (χ0n) is 5.23. The Morgan fingerprint density at radius 1 is 1.50 bits per heavy atom. The van der Waals surface area contributed by atoms with Crippen LogP contribution >= 0.6 is 8.25 Å². The summed E-state index contributed by atoms with van der Waals surface area (Å²) in [4.78, 5) is 12.2. The van der Waals surface area contributed by atoms with E-state index >= 15 is 0 Å². The van der Waals surface area contributed by atoms with Gasteiger partial charge in [0, 0.05) is 4.57 Å². The van der Waals surface area contributed by atoms with Crippen molar-refractivity contribution in [3.05, 3.63) is 0 Å². The normalized spacial score (nSPS) is 11.6. The average molecular weight is 170 g/mol. The summed E-state index contributed by atoms with van der Waals surface area (Å²) in [6.45, 7) is 0.236. The SMILES string of the molecule is NOCCOCO[P+](=O)O. The third-order valence-electron chi connectivity index (χ3n) is 0.592. The van der Waals surface area contributed by atoms with Gasteiger partial charge in [-0.05, 0) is 0 Å². The van der Waals surface area contributed by atoms with Gasteiger partial charge in [-0.15, -0.1) is 4.89 Å². The van der Waals surface area contributed by atoms with Gasteiger partial charge in [-0.1, -0.05) is 4.52 Å². The minimum atomic E-state index is -2.57. The highest BCUT2D eigenvalue weighted by Crippen LogP contribution is 2.12. The maximum atomic E-state index is 9.82. The van der Waals surface area contributed by atoms with Crippen LogP contribution < -0.4 is 5.90 Å². The smallest absolute Gasteiger partial charge is 0.348 e. The molecule has 1 atom stereocenters. The number of hydrogen-bond acceptors (Lipinski definition) is 5. The molecule has 0 saturated carbocycles. The van der Waals surface area contributed by atoms with E-state index in [-0.39, 0.29) is 20.0 Å². The average Bonchev–Trinajstić information content (AvgIpc) is 1.87. The molecule has 0 radical (unpaired) electrons. The minimum absolute atomic E-state index is 0.227. The summed E-state index contributed by atoms with van der Waals surface area (Å²) < 4.78 is 18.6. The van der Waals surface area contributed by atoms with Crippen LogP contribution in [0.1, 0.15) is 0 Å². The Morgan fingerprint density at radius 2 is 2.20 bits per heavy atom. The van der Waals surface area contributed by atoms with Gasteiger partial charge in [0.2, 0.25) is 6.79 Å². The summed E-state index contributed by atoms with van der Waals surface area (Å²) in [5.74, 6) is 4.64. The van der Waals surface area contributed by atoms with E-state index in [0.717, 1.165) is 0 Å². The Morgan fingerprint density at radius 3 is 2.70 bits per heavy atom. The van der Waals surface area contributed by atoms with Gasteiger partial charge >= 0.3 is 8.25 Å². The fourth-order valence-corrected chi connectivity index (χ4v) is 0.413. The zero-order valence-corrected chi connectivity index (χ0v) is 6.12. The molecule has 0 aliphatic rings. The van der Waals surface area contributed by atoms with E-state index in [1.807, 2.05) is 0 Å². The summed E-state index contributed by atoms with van der Waals surface area (Å²) in [6.07, 6.45) is 0. The van der Waals surface area contributed by atoms with Crippen LogP contribution in [0.15, 0.2) is 0 Å². The molecule has 0 aromatic carbocycles. The Labute approximate surface area is 58.8 Å². The van der Waals surface area contributed by atoms with Crippen LogP contribution in [0.2, 0.25) is 0 Å². The first-order valence-corrected chi connectivity index (χ1v) is 3.59. The molecule has 0 bridgehead atoms. The van der Waals surface area contributed by atoms with Crippen molar-refractivity contribution in [2.24, 2.45) is 5.90 Å². The van der Waals surface area contributed by atoms with Gasteiger partial charge in [-0.3, -0.25) is 0 Å². The van der Waals surface area contributed by atoms with Gasteiger partial charge in [0.15, 0.2) is 0 Å².